The first kappa shape index (κ1) is 16.4. The molecule has 3 rings (SSSR count). The Bertz CT molecular complexity index is 747. The summed E-state index contributed by atoms with van der Waals surface area (Å²) >= 11 is 13.4. The highest BCUT2D eigenvalue weighted by Gasteiger charge is 2.27. The number of hydrogen-bond donors (Lipinski definition) is 2. The first-order valence-electron chi connectivity index (χ1n) is 7.08. The molecule has 1 aliphatic carbocycles. The zero-order chi connectivity index (χ0) is 16.6. The molecule has 1 fully saturated rings. The number of nitrogens with one attached hydrogen (secondary N) is 1. The molecule has 1 atom stereocenters. The van der Waals surface area contributed by atoms with Gasteiger partial charge in [0.2, 0.25) is 11.1 Å². The highest BCUT2D eigenvalue weighted by atomic mass is 35.5. The van der Waals surface area contributed by atoms with Crippen molar-refractivity contribution in [3.63, 3.8) is 0 Å². The van der Waals surface area contributed by atoms with Crippen LogP contribution in [0.4, 0.5) is 0 Å². The Morgan fingerprint density at radius 1 is 1.43 bits per heavy atom. The molecule has 122 valence electrons. The van der Waals surface area contributed by atoms with Gasteiger partial charge in [-0.15, -0.1) is 10.2 Å². The summed E-state index contributed by atoms with van der Waals surface area (Å²) in [7, 11) is 0. The quantitative estimate of drug-likeness (QED) is 0.623. The number of thioether (sulfide) groups is 1. The summed E-state index contributed by atoms with van der Waals surface area (Å²) in [6.45, 7) is 1.81. The number of amides is 1. The van der Waals surface area contributed by atoms with Crippen LogP contribution in [0.1, 0.15) is 19.8 Å². The molecular formula is C14H15Cl2N5OS. The van der Waals surface area contributed by atoms with Crippen LogP contribution in [0, 0.1) is 0 Å². The van der Waals surface area contributed by atoms with Crippen molar-refractivity contribution in [2.24, 2.45) is 0 Å². The summed E-state index contributed by atoms with van der Waals surface area (Å²) in [5.74, 6) is 6.43. The molecule has 1 aromatic carbocycles. The summed E-state index contributed by atoms with van der Waals surface area (Å²) in [6, 6.07) is 5.36. The van der Waals surface area contributed by atoms with Crippen molar-refractivity contribution in [2.45, 2.75) is 36.2 Å². The monoisotopic (exact) mass is 371 g/mol. The number of nitrogens with zero attached hydrogens (tertiary/aromatic N) is 3. The molecule has 3 N–H and O–H groups in total. The maximum absolute atomic E-state index is 12.0. The molecule has 0 spiro atoms. The average molecular weight is 372 g/mol. The largest absolute Gasteiger partial charge is 0.352 e. The highest BCUT2D eigenvalue weighted by molar-refractivity contribution is 8.00. The maximum atomic E-state index is 12.0. The van der Waals surface area contributed by atoms with Gasteiger partial charge in [-0.1, -0.05) is 35.0 Å². The molecule has 0 unspecified atom stereocenters. The van der Waals surface area contributed by atoms with E-state index < -0.39 is 0 Å². The number of nitrogens with two attached hydrogens (primary N) is 1. The van der Waals surface area contributed by atoms with Crippen LogP contribution in [0.2, 0.25) is 10.0 Å². The summed E-state index contributed by atoms with van der Waals surface area (Å²) in [4.78, 5) is 12.0. The van der Waals surface area contributed by atoms with Crippen LogP contribution >= 0.6 is 35.0 Å². The van der Waals surface area contributed by atoms with E-state index in [-0.39, 0.29) is 11.2 Å². The number of hydrogen-bond acceptors (Lipinski definition) is 5. The van der Waals surface area contributed by atoms with Gasteiger partial charge < -0.3 is 11.2 Å². The van der Waals surface area contributed by atoms with Crippen molar-refractivity contribution in [2.75, 3.05) is 5.84 Å². The number of carbonyl (C=O) groups is 1. The van der Waals surface area contributed by atoms with Gasteiger partial charge in [-0.3, -0.25) is 4.79 Å². The Hall–Kier alpha value is -1.44. The molecule has 0 saturated heterocycles. The van der Waals surface area contributed by atoms with Crippen LogP contribution in [-0.4, -0.2) is 32.1 Å². The first-order chi connectivity index (χ1) is 11.0. The molecule has 1 aromatic heterocycles. The lowest BCUT2D eigenvalue weighted by molar-refractivity contribution is -0.120. The van der Waals surface area contributed by atoms with Gasteiger partial charge in [-0.25, -0.2) is 4.68 Å². The van der Waals surface area contributed by atoms with Gasteiger partial charge in [0.15, 0.2) is 5.82 Å². The smallest absolute Gasteiger partial charge is 0.233 e. The van der Waals surface area contributed by atoms with Crippen molar-refractivity contribution in [3.8, 4) is 11.4 Å². The van der Waals surface area contributed by atoms with Gasteiger partial charge in [-0.05, 0) is 38.0 Å². The summed E-state index contributed by atoms with van der Waals surface area (Å²) in [5.41, 5.74) is 0.594. The minimum atomic E-state index is -0.315. The zero-order valence-corrected chi connectivity index (χ0v) is 14.6. The predicted molar refractivity (Wildman–Crippen MR) is 92.1 cm³/mol. The fourth-order valence-electron chi connectivity index (χ4n) is 1.97. The molecule has 1 aliphatic rings. The van der Waals surface area contributed by atoms with E-state index in [0.29, 0.717) is 32.6 Å². The van der Waals surface area contributed by atoms with Gasteiger partial charge in [0.1, 0.15) is 0 Å². The van der Waals surface area contributed by atoms with Crippen LogP contribution in [0.5, 0.6) is 0 Å². The third kappa shape index (κ3) is 3.73. The van der Waals surface area contributed by atoms with Crippen molar-refractivity contribution in [3.05, 3.63) is 28.2 Å². The van der Waals surface area contributed by atoms with Gasteiger partial charge in [0.25, 0.3) is 0 Å². The molecule has 0 radical (unpaired) electrons. The molecule has 0 aliphatic heterocycles. The van der Waals surface area contributed by atoms with Crippen LogP contribution in [0.3, 0.4) is 0 Å². The SMILES string of the molecule is C[C@H](Sc1nnc(-c2cc(Cl)ccc2Cl)n1N)C(=O)NC1CC1. The summed E-state index contributed by atoms with van der Waals surface area (Å²) < 4.78 is 1.32. The second-order valence-electron chi connectivity index (χ2n) is 5.34. The van der Waals surface area contributed by atoms with Crippen molar-refractivity contribution in [1.29, 1.82) is 0 Å². The van der Waals surface area contributed by atoms with Crippen LogP contribution in [0.15, 0.2) is 23.4 Å². The Kier molecular flexibility index (Phi) is 4.70. The van der Waals surface area contributed by atoms with E-state index in [0.717, 1.165) is 12.8 Å². The molecule has 1 heterocycles. The molecule has 23 heavy (non-hydrogen) atoms. The standard InChI is InChI=1S/C14H15Cl2N5OS/c1-7(13(22)18-9-3-4-9)23-14-20-19-12(21(14)17)10-6-8(15)2-5-11(10)16/h2,5-7,9H,3-4,17H2,1H3,(H,18,22)/t7-/m0/s1. The highest BCUT2D eigenvalue weighted by Crippen LogP contribution is 2.31. The van der Waals surface area contributed by atoms with E-state index in [9.17, 15) is 4.79 Å². The lowest BCUT2D eigenvalue weighted by Gasteiger charge is -2.11. The van der Waals surface area contributed by atoms with Crippen molar-refractivity contribution >= 4 is 40.9 Å². The van der Waals surface area contributed by atoms with Gasteiger partial charge >= 0.3 is 0 Å². The molecule has 9 heteroatoms. The minimum Gasteiger partial charge on any atom is -0.352 e. The van der Waals surface area contributed by atoms with E-state index in [1.54, 1.807) is 18.2 Å². The number of carbonyl (C=O) groups excluding carboxylic acids is 1. The van der Waals surface area contributed by atoms with E-state index in [4.69, 9.17) is 29.0 Å². The Morgan fingerprint density at radius 3 is 2.87 bits per heavy atom. The molecule has 0 bridgehead atoms. The lowest BCUT2D eigenvalue weighted by atomic mass is 10.2. The molecule has 1 saturated carbocycles. The zero-order valence-electron chi connectivity index (χ0n) is 12.3. The van der Waals surface area contributed by atoms with Gasteiger partial charge in [0.05, 0.1) is 10.3 Å². The van der Waals surface area contributed by atoms with Crippen LogP contribution < -0.4 is 11.2 Å². The van der Waals surface area contributed by atoms with Crippen molar-refractivity contribution in [1.82, 2.24) is 20.2 Å². The number of halogens is 2. The fourth-order valence-corrected chi connectivity index (χ4v) is 3.12. The topological polar surface area (TPSA) is 85.8 Å². The Balaban J connectivity index is 1.78. The molecule has 1 amide bonds. The third-order valence-corrected chi connectivity index (χ3v) is 5.03. The molecular weight excluding hydrogens is 357 g/mol. The molecule has 2 aromatic rings. The lowest BCUT2D eigenvalue weighted by Crippen LogP contribution is -2.32. The summed E-state index contributed by atoms with van der Waals surface area (Å²) in [6.07, 6.45) is 2.10. The molecule has 6 nitrogen and oxygen atoms in total. The number of nitrogen functional groups attached to an aromatic ring is 1. The van der Waals surface area contributed by atoms with E-state index >= 15 is 0 Å². The number of aromatic nitrogens is 3. The normalized spacial score (nSPS) is 15.4. The maximum Gasteiger partial charge on any atom is 0.233 e. The van der Waals surface area contributed by atoms with Crippen LogP contribution in [0.25, 0.3) is 11.4 Å². The van der Waals surface area contributed by atoms with E-state index in [1.807, 2.05) is 6.92 Å². The first-order valence-corrected chi connectivity index (χ1v) is 8.72. The average Bonchev–Trinajstić information content (AvgIpc) is 3.26. The number of rotatable bonds is 5. The predicted octanol–water partition coefficient (Wildman–Crippen LogP) is 2.72. The Labute approximate surface area is 147 Å². The fraction of sp³-hybridized carbons (Fsp3) is 0.357. The second-order valence-corrected chi connectivity index (χ2v) is 7.49. The Morgan fingerprint density at radius 2 is 2.17 bits per heavy atom. The number of benzene rings is 1. The third-order valence-electron chi connectivity index (χ3n) is 3.41. The second kappa shape index (κ2) is 6.59. The van der Waals surface area contributed by atoms with Crippen LogP contribution in [-0.2, 0) is 4.79 Å². The summed E-state index contributed by atoms with van der Waals surface area (Å²) in [5, 5.41) is 12.2. The van der Waals surface area contributed by atoms with E-state index in [1.165, 1.54) is 16.4 Å². The van der Waals surface area contributed by atoms with E-state index in [2.05, 4.69) is 15.5 Å². The van der Waals surface area contributed by atoms with Gasteiger partial charge in [-0.2, -0.15) is 0 Å². The minimum absolute atomic E-state index is 0.0252. The van der Waals surface area contributed by atoms with Crippen molar-refractivity contribution < 1.29 is 4.79 Å². The van der Waals surface area contributed by atoms with Gasteiger partial charge in [0, 0.05) is 16.6 Å².